The van der Waals surface area contributed by atoms with Gasteiger partial charge in [-0.25, -0.2) is 13.1 Å². The van der Waals surface area contributed by atoms with Crippen LogP contribution in [0, 0.1) is 0 Å². The Balaban J connectivity index is 1.96. The fourth-order valence-electron chi connectivity index (χ4n) is 2.70. The lowest BCUT2D eigenvalue weighted by Gasteiger charge is -2.19. The van der Waals surface area contributed by atoms with Crippen LogP contribution >= 0.6 is 11.6 Å². The first kappa shape index (κ1) is 24.2. The van der Waals surface area contributed by atoms with E-state index in [1.54, 1.807) is 13.8 Å². The van der Waals surface area contributed by atoms with Gasteiger partial charge in [-0.3, -0.25) is 4.79 Å². The van der Waals surface area contributed by atoms with Crippen molar-refractivity contribution in [3.05, 3.63) is 58.6 Å². The normalized spacial score (nSPS) is 12.1. The summed E-state index contributed by atoms with van der Waals surface area (Å²) in [5, 5.41) is 2.88. The van der Waals surface area contributed by atoms with Crippen molar-refractivity contribution in [1.82, 2.24) is 10.0 Å². The van der Waals surface area contributed by atoms with Crippen LogP contribution in [0.5, 0.6) is 5.75 Å². The van der Waals surface area contributed by atoms with Crippen molar-refractivity contribution >= 4 is 27.5 Å². The first-order valence-electron chi connectivity index (χ1n) is 9.73. The fraction of sp³-hybridized carbons (Fsp3) is 0.409. The Hall–Kier alpha value is -2.09. The van der Waals surface area contributed by atoms with E-state index in [4.69, 9.17) is 16.3 Å². The first-order valence-corrected chi connectivity index (χ1v) is 11.6. The molecule has 0 aliphatic carbocycles. The van der Waals surface area contributed by atoms with E-state index in [1.807, 2.05) is 24.3 Å². The van der Waals surface area contributed by atoms with E-state index in [0.29, 0.717) is 5.75 Å². The van der Waals surface area contributed by atoms with Crippen LogP contribution in [-0.4, -0.2) is 33.5 Å². The predicted octanol–water partition coefficient (Wildman–Crippen LogP) is 4.13. The zero-order valence-corrected chi connectivity index (χ0v) is 19.5. The first-order chi connectivity index (χ1) is 13.9. The number of carbonyl (C=O) groups excluding carboxylic acids is 1. The molecule has 0 unspecified atom stereocenters. The van der Waals surface area contributed by atoms with Crippen LogP contribution in [-0.2, 0) is 15.4 Å². The summed E-state index contributed by atoms with van der Waals surface area (Å²) in [6.45, 7) is 10.4. The second kappa shape index (κ2) is 9.81. The van der Waals surface area contributed by atoms with E-state index < -0.39 is 15.9 Å². The molecule has 1 amide bonds. The van der Waals surface area contributed by atoms with Gasteiger partial charge >= 0.3 is 0 Å². The maximum Gasteiger partial charge on any atom is 0.252 e. The highest BCUT2D eigenvalue weighted by Crippen LogP contribution is 2.24. The van der Waals surface area contributed by atoms with Gasteiger partial charge in [-0.15, -0.1) is 0 Å². The summed E-state index contributed by atoms with van der Waals surface area (Å²) in [6, 6.07) is 11.6. The Morgan fingerprint density at radius 3 is 2.30 bits per heavy atom. The monoisotopic (exact) mass is 452 g/mol. The van der Waals surface area contributed by atoms with Gasteiger partial charge in [-0.2, -0.15) is 0 Å². The molecular formula is C22H29ClN2O4S. The van der Waals surface area contributed by atoms with Crippen molar-refractivity contribution in [2.24, 2.45) is 0 Å². The molecule has 2 rings (SSSR count). The number of hydrogen-bond donors (Lipinski definition) is 2. The highest BCUT2D eigenvalue weighted by molar-refractivity contribution is 7.89. The van der Waals surface area contributed by atoms with Crippen molar-refractivity contribution in [2.45, 2.75) is 51.0 Å². The topological polar surface area (TPSA) is 84.5 Å². The smallest absolute Gasteiger partial charge is 0.252 e. The number of halogens is 1. The lowest BCUT2D eigenvalue weighted by atomic mass is 9.87. The average molecular weight is 453 g/mol. The van der Waals surface area contributed by atoms with Crippen molar-refractivity contribution in [2.75, 3.05) is 13.2 Å². The zero-order chi connectivity index (χ0) is 22.5. The van der Waals surface area contributed by atoms with Gasteiger partial charge in [0, 0.05) is 6.04 Å². The predicted molar refractivity (Wildman–Crippen MR) is 120 cm³/mol. The molecule has 0 radical (unpaired) electrons. The summed E-state index contributed by atoms with van der Waals surface area (Å²) in [7, 11) is -3.72. The van der Waals surface area contributed by atoms with Crippen molar-refractivity contribution in [1.29, 1.82) is 0 Å². The maximum absolute atomic E-state index is 12.5. The van der Waals surface area contributed by atoms with Crippen molar-refractivity contribution < 1.29 is 17.9 Å². The Kier molecular flexibility index (Phi) is 7.91. The Morgan fingerprint density at radius 2 is 1.73 bits per heavy atom. The number of ether oxygens (including phenoxy) is 1. The summed E-state index contributed by atoms with van der Waals surface area (Å²) < 4.78 is 32.8. The number of amides is 1. The van der Waals surface area contributed by atoms with Gasteiger partial charge in [-0.1, -0.05) is 44.5 Å². The Morgan fingerprint density at radius 1 is 1.10 bits per heavy atom. The molecule has 0 aromatic heterocycles. The van der Waals surface area contributed by atoms with Gasteiger partial charge in [0.05, 0.1) is 22.0 Å². The van der Waals surface area contributed by atoms with Gasteiger partial charge in [0.1, 0.15) is 12.4 Å². The Labute approximate surface area is 184 Å². The van der Waals surface area contributed by atoms with Crippen LogP contribution in [0.1, 0.15) is 50.5 Å². The van der Waals surface area contributed by atoms with Crippen molar-refractivity contribution in [3.63, 3.8) is 0 Å². The number of hydrogen-bond acceptors (Lipinski definition) is 4. The molecule has 30 heavy (non-hydrogen) atoms. The van der Waals surface area contributed by atoms with Crippen LogP contribution < -0.4 is 14.8 Å². The molecule has 0 heterocycles. The SMILES string of the molecule is CC(C)NS(=O)(=O)c1ccc(Cl)c(C(=O)NCCOc2ccc(C(C)(C)C)cc2)c1. The molecule has 0 atom stereocenters. The fourth-order valence-corrected chi connectivity index (χ4v) is 4.18. The van der Waals surface area contributed by atoms with E-state index >= 15 is 0 Å². The van der Waals surface area contributed by atoms with Gasteiger partial charge in [0.15, 0.2) is 0 Å². The molecule has 164 valence electrons. The van der Waals surface area contributed by atoms with Crippen LogP contribution in [0.4, 0.5) is 0 Å². The summed E-state index contributed by atoms with van der Waals surface area (Å²) in [5.41, 5.74) is 1.37. The molecule has 8 heteroatoms. The lowest BCUT2D eigenvalue weighted by molar-refractivity contribution is 0.0947. The summed E-state index contributed by atoms with van der Waals surface area (Å²) in [4.78, 5) is 12.5. The summed E-state index contributed by atoms with van der Waals surface area (Å²) in [5.74, 6) is 0.247. The second-order valence-corrected chi connectivity index (χ2v) is 10.4. The summed E-state index contributed by atoms with van der Waals surface area (Å²) in [6.07, 6.45) is 0. The quantitative estimate of drug-likeness (QED) is 0.589. The Bertz CT molecular complexity index is 981. The van der Waals surface area contributed by atoms with Crippen LogP contribution in [0.25, 0.3) is 0 Å². The number of sulfonamides is 1. The lowest BCUT2D eigenvalue weighted by Crippen LogP contribution is -2.31. The number of nitrogens with one attached hydrogen (secondary N) is 2. The van der Waals surface area contributed by atoms with E-state index in [2.05, 4.69) is 30.8 Å². The third kappa shape index (κ3) is 6.72. The van der Waals surface area contributed by atoms with Crippen molar-refractivity contribution in [3.8, 4) is 5.75 Å². The van der Waals surface area contributed by atoms with Gasteiger partial charge in [0.2, 0.25) is 10.0 Å². The molecule has 0 saturated heterocycles. The van der Waals surface area contributed by atoms with Gasteiger partial charge in [-0.05, 0) is 55.2 Å². The van der Waals surface area contributed by atoms with E-state index in [1.165, 1.54) is 23.8 Å². The van der Waals surface area contributed by atoms with E-state index in [-0.39, 0.29) is 40.1 Å². The highest BCUT2D eigenvalue weighted by Gasteiger charge is 2.19. The number of rotatable bonds is 8. The molecule has 0 bridgehead atoms. The van der Waals surface area contributed by atoms with Crippen LogP contribution in [0.15, 0.2) is 47.4 Å². The molecule has 0 saturated carbocycles. The molecule has 0 aliphatic rings. The van der Waals surface area contributed by atoms with Gasteiger partial charge in [0.25, 0.3) is 5.91 Å². The molecule has 0 aliphatic heterocycles. The largest absolute Gasteiger partial charge is 0.492 e. The standard InChI is InChI=1S/C22H29ClN2O4S/c1-15(2)25-30(27,28)18-10-11-20(23)19(14-18)21(26)24-12-13-29-17-8-6-16(7-9-17)22(3,4)5/h6-11,14-15,25H,12-13H2,1-5H3,(H,24,26). The van der Waals surface area contributed by atoms with Crippen LogP contribution in [0.2, 0.25) is 5.02 Å². The molecule has 2 aromatic rings. The highest BCUT2D eigenvalue weighted by atomic mass is 35.5. The second-order valence-electron chi connectivity index (χ2n) is 8.30. The molecule has 0 fully saturated rings. The molecule has 2 N–H and O–H groups in total. The molecular weight excluding hydrogens is 424 g/mol. The molecule has 6 nitrogen and oxygen atoms in total. The minimum absolute atomic E-state index is 0.0130. The number of benzene rings is 2. The minimum Gasteiger partial charge on any atom is -0.492 e. The van der Waals surface area contributed by atoms with Crippen LogP contribution in [0.3, 0.4) is 0 Å². The van der Waals surface area contributed by atoms with E-state index in [9.17, 15) is 13.2 Å². The zero-order valence-electron chi connectivity index (χ0n) is 18.0. The average Bonchev–Trinajstić information content (AvgIpc) is 2.64. The van der Waals surface area contributed by atoms with E-state index in [0.717, 1.165) is 0 Å². The summed E-state index contributed by atoms with van der Waals surface area (Å²) >= 11 is 6.10. The molecule has 2 aromatic carbocycles. The maximum atomic E-state index is 12.5. The van der Waals surface area contributed by atoms with Gasteiger partial charge < -0.3 is 10.1 Å². The third-order valence-corrected chi connectivity index (χ3v) is 6.25. The third-order valence-electron chi connectivity index (χ3n) is 4.26. The minimum atomic E-state index is -3.72. The molecule has 0 spiro atoms. The number of carbonyl (C=O) groups is 1.